The topological polar surface area (TPSA) is 12.0 Å². The van der Waals surface area contributed by atoms with Crippen LogP contribution in [-0.2, 0) is 13.0 Å². The smallest absolute Gasteiger partial charge is 0.130 e. The quantitative estimate of drug-likeness (QED) is 0.782. The Morgan fingerprint density at radius 3 is 2.47 bits per heavy atom. The summed E-state index contributed by atoms with van der Waals surface area (Å²) >= 11 is 0. The second-order valence-corrected chi connectivity index (χ2v) is 4.50. The molecule has 0 aromatic heterocycles. The molecular weight excluding hydrogens is 244 g/mol. The van der Waals surface area contributed by atoms with E-state index in [0.29, 0.717) is 12.1 Å². The van der Waals surface area contributed by atoms with Gasteiger partial charge in [-0.2, -0.15) is 0 Å². The van der Waals surface area contributed by atoms with E-state index in [1.165, 1.54) is 17.7 Å². The van der Waals surface area contributed by atoms with Crippen LogP contribution >= 0.6 is 0 Å². The van der Waals surface area contributed by atoms with Crippen LogP contribution in [0.4, 0.5) is 8.78 Å². The number of hydrogen-bond donors (Lipinski definition) is 1. The summed E-state index contributed by atoms with van der Waals surface area (Å²) in [5.74, 6) is -1.03. The Morgan fingerprint density at radius 2 is 1.74 bits per heavy atom. The lowest BCUT2D eigenvalue weighted by Gasteiger charge is -2.06. The molecule has 1 nitrogen and oxygen atoms in total. The predicted octanol–water partition coefficient (Wildman–Crippen LogP) is 3.69. The maximum absolute atomic E-state index is 13.3. The predicted molar refractivity (Wildman–Crippen MR) is 72.8 cm³/mol. The Labute approximate surface area is 112 Å². The maximum atomic E-state index is 13.3. The third-order valence-corrected chi connectivity index (χ3v) is 2.99. The van der Waals surface area contributed by atoms with Gasteiger partial charge in [0.05, 0.1) is 0 Å². The number of hydrogen-bond acceptors (Lipinski definition) is 1. The van der Waals surface area contributed by atoms with Crippen molar-refractivity contribution >= 4 is 0 Å². The van der Waals surface area contributed by atoms with E-state index in [1.807, 2.05) is 18.2 Å². The fraction of sp³-hybridized carbons (Fsp3) is 0.250. The highest BCUT2D eigenvalue weighted by Crippen LogP contribution is 2.09. The van der Waals surface area contributed by atoms with Gasteiger partial charge in [0.15, 0.2) is 0 Å². The molecule has 0 heterocycles. The van der Waals surface area contributed by atoms with Gasteiger partial charge in [-0.15, -0.1) is 0 Å². The van der Waals surface area contributed by atoms with Gasteiger partial charge >= 0.3 is 0 Å². The first-order chi connectivity index (χ1) is 9.25. The highest BCUT2D eigenvalue weighted by molar-refractivity contribution is 5.18. The first kappa shape index (κ1) is 13.7. The minimum Gasteiger partial charge on any atom is -0.313 e. The second kappa shape index (κ2) is 7.00. The molecule has 0 atom stereocenters. The summed E-state index contributed by atoms with van der Waals surface area (Å²) in [5, 5.41) is 3.17. The minimum atomic E-state index is -0.537. The Balaban J connectivity index is 1.69. The van der Waals surface area contributed by atoms with E-state index in [0.717, 1.165) is 25.5 Å². The summed E-state index contributed by atoms with van der Waals surface area (Å²) in [6.07, 6.45) is 1.99. The first-order valence-electron chi connectivity index (χ1n) is 6.44. The van der Waals surface area contributed by atoms with Gasteiger partial charge in [0, 0.05) is 18.2 Å². The highest BCUT2D eigenvalue weighted by Gasteiger charge is 2.02. The molecule has 0 saturated carbocycles. The molecule has 100 valence electrons. The van der Waals surface area contributed by atoms with Crippen molar-refractivity contribution in [3.63, 3.8) is 0 Å². The van der Waals surface area contributed by atoms with Gasteiger partial charge in [-0.3, -0.25) is 0 Å². The van der Waals surface area contributed by atoms with E-state index >= 15 is 0 Å². The Hall–Kier alpha value is -1.74. The van der Waals surface area contributed by atoms with Gasteiger partial charge < -0.3 is 5.32 Å². The van der Waals surface area contributed by atoms with Gasteiger partial charge in [-0.1, -0.05) is 36.4 Å². The molecule has 0 saturated heterocycles. The summed E-state index contributed by atoms with van der Waals surface area (Å²) < 4.78 is 26.1. The van der Waals surface area contributed by atoms with Crippen molar-refractivity contribution < 1.29 is 8.78 Å². The normalized spacial score (nSPS) is 10.6. The molecule has 0 fully saturated rings. The molecule has 0 spiro atoms. The molecule has 2 aromatic rings. The van der Waals surface area contributed by atoms with Crippen LogP contribution in [0.25, 0.3) is 0 Å². The molecule has 0 aliphatic heterocycles. The van der Waals surface area contributed by atoms with E-state index in [-0.39, 0.29) is 0 Å². The standard InChI is InChI=1S/C16H17F2N/c17-15-9-8-14(16(18)11-15)12-19-10-4-7-13-5-2-1-3-6-13/h1-3,5-6,8-9,11,19H,4,7,10,12H2. The summed E-state index contributed by atoms with van der Waals surface area (Å²) in [6, 6.07) is 13.9. The molecular formula is C16H17F2N. The molecule has 3 heteroatoms. The monoisotopic (exact) mass is 261 g/mol. The zero-order valence-corrected chi connectivity index (χ0v) is 10.7. The lowest BCUT2D eigenvalue weighted by Crippen LogP contribution is -2.16. The molecule has 0 amide bonds. The molecule has 0 radical (unpaired) electrons. The van der Waals surface area contributed by atoms with Crippen molar-refractivity contribution in [2.45, 2.75) is 19.4 Å². The van der Waals surface area contributed by atoms with E-state index in [9.17, 15) is 8.78 Å². The lowest BCUT2D eigenvalue weighted by molar-refractivity contribution is 0.557. The number of nitrogens with one attached hydrogen (secondary N) is 1. The van der Waals surface area contributed by atoms with Crippen LogP contribution in [0.1, 0.15) is 17.5 Å². The number of benzene rings is 2. The fourth-order valence-corrected chi connectivity index (χ4v) is 1.95. The van der Waals surface area contributed by atoms with Gasteiger partial charge in [0.1, 0.15) is 11.6 Å². The van der Waals surface area contributed by atoms with Crippen molar-refractivity contribution in [2.24, 2.45) is 0 Å². The van der Waals surface area contributed by atoms with Gasteiger partial charge in [0.25, 0.3) is 0 Å². The number of halogens is 2. The summed E-state index contributed by atoms with van der Waals surface area (Å²) in [4.78, 5) is 0. The van der Waals surface area contributed by atoms with Crippen molar-refractivity contribution in [3.05, 3.63) is 71.3 Å². The summed E-state index contributed by atoms with van der Waals surface area (Å²) in [6.45, 7) is 1.24. The van der Waals surface area contributed by atoms with Crippen molar-refractivity contribution in [2.75, 3.05) is 6.54 Å². The molecule has 0 aliphatic rings. The first-order valence-corrected chi connectivity index (χ1v) is 6.44. The number of aryl methyl sites for hydroxylation is 1. The molecule has 1 N–H and O–H groups in total. The van der Waals surface area contributed by atoms with Gasteiger partial charge in [-0.05, 0) is 31.0 Å². The molecule has 19 heavy (non-hydrogen) atoms. The van der Waals surface area contributed by atoms with E-state index < -0.39 is 11.6 Å². The fourth-order valence-electron chi connectivity index (χ4n) is 1.95. The van der Waals surface area contributed by atoms with Crippen LogP contribution < -0.4 is 5.32 Å². The van der Waals surface area contributed by atoms with Gasteiger partial charge in [0.2, 0.25) is 0 Å². The van der Waals surface area contributed by atoms with Crippen LogP contribution in [0.5, 0.6) is 0 Å². The minimum absolute atomic E-state index is 0.431. The van der Waals surface area contributed by atoms with Crippen LogP contribution in [0.15, 0.2) is 48.5 Å². The van der Waals surface area contributed by atoms with Crippen molar-refractivity contribution in [1.29, 1.82) is 0 Å². The van der Waals surface area contributed by atoms with E-state index in [1.54, 1.807) is 0 Å². The lowest BCUT2D eigenvalue weighted by atomic mass is 10.1. The average Bonchev–Trinajstić information content (AvgIpc) is 2.42. The summed E-state index contributed by atoms with van der Waals surface area (Å²) in [5.41, 5.74) is 1.80. The zero-order valence-electron chi connectivity index (χ0n) is 10.7. The van der Waals surface area contributed by atoms with Gasteiger partial charge in [-0.25, -0.2) is 8.78 Å². The van der Waals surface area contributed by atoms with Crippen LogP contribution in [0.2, 0.25) is 0 Å². The third-order valence-electron chi connectivity index (χ3n) is 2.99. The Kier molecular flexibility index (Phi) is 5.04. The van der Waals surface area contributed by atoms with Crippen molar-refractivity contribution in [1.82, 2.24) is 5.32 Å². The third kappa shape index (κ3) is 4.45. The SMILES string of the molecule is Fc1ccc(CNCCCc2ccccc2)c(F)c1. The molecule has 0 unspecified atom stereocenters. The molecule has 2 rings (SSSR count). The van der Waals surface area contributed by atoms with Crippen LogP contribution in [-0.4, -0.2) is 6.54 Å². The average molecular weight is 261 g/mol. The largest absolute Gasteiger partial charge is 0.313 e. The highest BCUT2D eigenvalue weighted by atomic mass is 19.1. The zero-order chi connectivity index (χ0) is 13.5. The summed E-state index contributed by atoms with van der Waals surface area (Å²) in [7, 11) is 0. The Morgan fingerprint density at radius 1 is 0.947 bits per heavy atom. The maximum Gasteiger partial charge on any atom is 0.130 e. The van der Waals surface area contributed by atoms with E-state index in [2.05, 4.69) is 17.4 Å². The van der Waals surface area contributed by atoms with Crippen molar-refractivity contribution in [3.8, 4) is 0 Å². The van der Waals surface area contributed by atoms with E-state index in [4.69, 9.17) is 0 Å². The Bertz CT molecular complexity index is 511. The molecule has 0 aliphatic carbocycles. The second-order valence-electron chi connectivity index (χ2n) is 4.50. The molecule has 0 bridgehead atoms. The van der Waals surface area contributed by atoms with Crippen LogP contribution in [0.3, 0.4) is 0 Å². The number of rotatable bonds is 6. The van der Waals surface area contributed by atoms with Crippen LogP contribution in [0, 0.1) is 11.6 Å². The molecule has 2 aromatic carbocycles.